The summed E-state index contributed by atoms with van der Waals surface area (Å²) in [5.41, 5.74) is 0.514. The molecule has 0 unspecified atom stereocenters. The van der Waals surface area contributed by atoms with Crippen molar-refractivity contribution in [1.29, 1.82) is 0 Å². The molecule has 0 aliphatic carbocycles. The van der Waals surface area contributed by atoms with Gasteiger partial charge in [0.15, 0.2) is 0 Å². The van der Waals surface area contributed by atoms with Gasteiger partial charge in [-0.25, -0.2) is 4.79 Å². The Balaban J connectivity index is 2.24. The second kappa shape index (κ2) is 4.31. The zero-order valence-electron chi connectivity index (χ0n) is 9.39. The summed E-state index contributed by atoms with van der Waals surface area (Å²) in [6.45, 7) is 0. The fourth-order valence-electron chi connectivity index (χ4n) is 1.89. The molecule has 0 spiro atoms. The second-order valence-corrected chi connectivity index (χ2v) is 4.43. The largest absolute Gasteiger partial charge is 0.422 e. The number of hydrogen-bond acceptors (Lipinski definition) is 2. The topological polar surface area (TPSA) is 30.2 Å². The minimum Gasteiger partial charge on any atom is -0.422 e. The zero-order valence-corrected chi connectivity index (χ0v) is 10.1. The second-order valence-electron chi connectivity index (χ2n) is 3.99. The molecule has 0 saturated carbocycles. The highest BCUT2D eigenvalue weighted by Crippen LogP contribution is 2.23. The lowest BCUT2D eigenvalue weighted by Crippen LogP contribution is -1.99. The van der Waals surface area contributed by atoms with Crippen LogP contribution in [0.3, 0.4) is 0 Å². The van der Waals surface area contributed by atoms with Gasteiger partial charge < -0.3 is 4.42 Å². The summed E-state index contributed by atoms with van der Waals surface area (Å²) in [5, 5.41) is 2.12. The number of halogens is 1. The Labute approximate surface area is 108 Å². The molecule has 3 rings (SSSR count). The standard InChI is InChI=1S/C15H9ClO2/c16-12-7-5-10(6-8-12)14-9-11-3-1-2-4-13(11)15(17)18-14/h1-9H. The maximum Gasteiger partial charge on any atom is 0.344 e. The van der Waals surface area contributed by atoms with E-state index in [2.05, 4.69) is 0 Å². The molecule has 0 saturated heterocycles. The highest BCUT2D eigenvalue weighted by Gasteiger charge is 2.05. The Morgan fingerprint density at radius 3 is 2.44 bits per heavy atom. The van der Waals surface area contributed by atoms with Crippen LogP contribution in [-0.2, 0) is 0 Å². The molecule has 0 bridgehead atoms. The predicted molar refractivity (Wildman–Crippen MR) is 72.9 cm³/mol. The number of hydrogen-bond donors (Lipinski definition) is 0. The van der Waals surface area contributed by atoms with Crippen molar-refractivity contribution in [1.82, 2.24) is 0 Å². The summed E-state index contributed by atoms with van der Waals surface area (Å²) in [6.07, 6.45) is 0. The van der Waals surface area contributed by atoms with Crippen molar-refractivity contribution in [3.63, 3.8) is 0 Å². The maximum absolute atomic E-state index is 11.8. The van der Waals surface area contributed by atoms with E-state index in [1.54, 1.807) is 18.2 Å². The predicted octanol–water partition coefficient (Wildman–Crippen LogP) is 4.11. The number of fused-ring (bicyclic) bond motifs is 1. The van der Waals surface area contributed by atoms with Gasteiger partial charge in [-0.1, -0.05) is 29.8 Å². The lowest BCUT2D eigenvalue weighted by atomic mass is 10.1. The molecule has 0 N–H and O–H groups in total. The fourth-order valence-corrected chi connectivity index (χ4v) is 2.02. The van der Waals surface area contributed by atoms with Gasteiger partial charge in [0.1, 0.15) is 5.76 Å². The number of benzene rings is 2. The van der Waals surface area contributed by atoms with Crippen LogP contribution >= 0.6 is 11.6 Å². The van der Waals surface area contributed by atoms with E-state index in [4.69, 9.17) is 16.0 Å². The Hall–Kier alpha value is -2.06. The van der Waals surface area contributed by atoms with Gasteiger partial charge >= 0.3 is 5.63 Å². The van der Waals surface area contributed by atoms with E-state index in [0.717, 1.165) is 10.9 Å². The molecule has 1 heterocycles. The fraction of sp³-hybridized carbons (Fsp3) is 0. The molecule has 0 radical (unpaired) electrons. The molecule has 0 aliphatic heterocycles. The molecule has 1 aromatic heterocycles. The smallest absolute Gasteiger partial charge is 0.344 e. The van der Waals surface area contributed by atoms with Crippen molar-refractivity contribution >= 4 is 22.4 Å². The molecule has 0 atom stereocenters. The molecule has 0 amide bonds. The third-order valence-corrected chi connectivity index (χ3v) is 3.05. The summed E-state index contributed by atoms with van der Waals surface area (Å²) < 4.78 is 5.32. The van der Waals surface area contributed by atoms with Crippen LogP contribution < -0.4 is 5.63 Å². The van der Waals surface area contributed by atoms with E-state index in [9.17, 15) is 4.79 Å². The van der Waals surface area contributed by atoms with Crippen LogP contribution in [0.1, 0.15) is 0 Å². The van der Waals surface area contributed by atoms with E-state index in [1.165, 1.54) is 0 Å². The minimum atomic E-state index is -0.321. The van der Waals surface area contributed by atoms with Crippen LogP contribution in [0.5, 0.6) is 0 Å². The molecule has 0 aliphatic rings. The lowest BCUT2D eigenvalue weighted by molar-refractivity contribution is 0.535. The van der Waals surface area contributed by atoms with Crippen LogP contribution in [0.25, 0.3) is 22.1 Å². The first-order valence-corrected chi connectivity index (χ1v) is 5.91. The average Bonchev–Trinajstić information content (AvgIpc) is 2.39. The Morgan fingerprint density at radius 1 is 0.944 bits per heavy atom. The normalized spacial score (nSPS) is 10.7. The van der Waals surface area contributed by atoms with E-state index < -0.39 is 0 Å². The molecular weight excluding hydrogens is 248 g/mol. The molecule has 2 nitrogen and oxygen atoms in total. The maximum atomic E-state index is 11.8. The van der Waals surface area contributed by atoms with Gasteiger partial charge in [-0.2, -0.15) is 0 Å². The molecule has 2 aromatic carbocycles. The van der Waals surface area contributed by atoms with E-state index in [0.29, 0.717) is 16.2 Å². The summed E-state index contributed by atoms with van der Waals surface area (Å²) in [5.74, 6) is 0.551. The van der Waals surface area contributed by atoms with Crippen molar-refractivity contribution in [3.05, 3.63) is 70.0 Å². The molecule has 3 aromatic rings. The van der Waals surface area contributed by atoms with Gasteiger partial charge in [0.25, 0.3) is 0 Å². The molecule has 3 heteroatoms. The quantitative estimate of drug-likeness (QED) is 0.656. The molecular formula is C15H9ClO2. The average molecular weight is 257 g/mol. The van der Waals surface area contributed by atoms with Crippen molar-refractivity contribution in [3.8, 4) is 11.3 Å². The lowest BCUT2D eigenvalue weighted by Gasteiger charge is -2.02. The van der Waals surface area contributed by atoms with E-state index >= 15 is 0 Å². The van der Waals surface area contributed by atoms with Gasteiger partial charge in [0.05, 0.1) is 5.39 Å². The minimum absolute atomic E-state index is 0.321. The van der Waals surface area contributed by atoms with Gasteiger partial charge in [-0.05, 0) is 41.8 Å². The van der Waals surface area contributed by atoms with Crippen LogP contribution in [0.2, 0.25) is 5.02 Å². The van der Waals surface area contributed by atoms with E-state index in [1.807, 2.05) is 36.4 Å². The third kappa shape index (κ3) is 1.91. The van der Waals surface area contributed by atoms with Crippen molar-refractivity contribution in [2.75, 3.05) is 0 Å². The van der Waals surface area contributed by atoms with Crippen molar-refractivity contribution < 1.29 is 4.42 Å². The first-order chi connectivity index (χ1) is 8.74. The first-order valence-electron chi connectivity index (χ1n) is 5.53. The Kier molecular flexibility index (Phi) is 2.65. The summed E-state index contributed by atoms with van der Waals surface area (Å²) in [4.78, 5) is 11.8. The van der Waals surface area contributed by atoms with Crippen LogP contribution in [-0.4, -0.2) is 0 Å². The summed E-state index contributed by atoms with van der Waals surface area (Å²) in [7, 11) is 0. The SMILES string of the molecule is O=c1oc(-c2ccc(Cl)cc2)cc2ccccc12. The zero-order chi connectivity index (χ0) is 12.5. The number of rotatable bonds is 1. The van der Waals surface area contributed by atoms with Gasteiger partial charge in [-0.3, -0.25) is 0 Å². The van der Waals surface area contributed by atoms with Gasteiger partial charge in [0.2, 0.25) is 0 Å². The van der Waals surface area contributed by atoms with Crippen molar-refractivity contribution in [2.24, 2.45) is 0 Å². The van der Waals surface area contributed by atoms with Crippen LogP contribution in [0.4, 0.5) is 0 Å². The third-order valence-electron chi connectivity index (χ3n) is 2.80. The molecule has 0 fully saturated rings. The van der Waals surface area contributed by atoms with Crippen LogP contribution in [0.15, 0.2) is 63.8 Å². The Morgan fingerprint density at radius 2 is 1.67 bits per heavy atom. The summed E-state index contributed by atoms with van der Waals surface area (Å²) in [6, 6.07) is 16.4. The highest BCUT2D eigenvalue weighted by molar-refractivity contribution is 6.30. The van der Waals surface area contributed by atoms with Crippen LogP contribution in [0, 0.1) is 0 Å². The monoisotopic (exact) mass is 256 g/mol. The molecule has 18 heavy (non-hydrogen) atoms. The Bertz CT molecular complexity index is 757. The highest BCUT2D eigenvalue weighted by atomic mass is 35.5. The van der Waals surface area contributed by atoms with Gasteiger partial charge in [-0.15, -0.1) is 0 Å². The summed E-state index contributed by atoms with van der Waals surface area (Å²) >= 11 is 5.83. The van der Waals surface area contributed by atoms with E-state index in [-0.39, 0.29) is 5.63 Å². The first kappa shape index (κ1) is 11.1. The van der Waals surface area contributed by atoms with Gasteiger partial charge in [0, 0.05) is 10.6 Å². The molecule has 88 valence electrons. The van der Waals surface area contributed by atoms with Crippen molar-refractivity contribution in [2.45, 2.75) is 0 Å².